The maximum atomic E-state index is 12.3. The first kappa shape index (κ1) is 18.5. The van der Waals surface area contributed by atoms with Crippen molar-refractivity contribution in [3.8, 4) is 0 Å². The molecule has 8 heteroatoms. The fourth-order valence-corrected chi connectivity index (χ4v) is 2.49. The summed E-state index contributed by atoms with van der Waals surface area (Å²) in [6.07, 6.45) is 0. The standard InChI is InChI=1S/C17H22N4O4/c1-4-21-15(16(23)25-3)14(11(2)20-21)19-17(24)18-13(10-22)12-8-6-5-7-9-12/h5-9,13,22H,4,10H2,1-3H3,(H2,18,19,24)/t13-/m1/s1. The van der Waals surface area contributed by atoms with Crippen LogP contribution in [0.1, 0.15) is 34.7 Å². The monoisotopic (exact) mass is 346 g/mol. The number of urea groups is 1. The van der Waals surface area contributed by atoms with Gasteiger partial charge in [0.05, 0.1) is 31.1 Å². The van der Waals surface area contributed by atoms with Crippen molar-refractivity contribution in [2.45, 2.75) is 26.4 Å². The molecule has 0 unspecified atom stereocenters. The molecule has 2 rings (SSSR count). The maximum absolute atomic E-state index is 12.3. The Bertz CT molecular complexity index is 743. The van der Waals surface area contributed by atoms with Gasteiger partial charge in [0, 0.05) is 6.54 Å². The second-order valence-electron chi connectivity index (χ2n) is 5.36. The van der Waals surface area contributed by atoms with Crippen molar-refractivity contribution in [1.82, 2.24) is 15.1 Å². The van der Waals surface area contributed by atoms with Gasteiger partial charge < -0.3 is 20.5 Å². The van der Waals surface area contributed by atoms with Crippen LogP contribution >= 0.6 is 0 Å². The number of carbonyl (C=O) groups excluding carboxylic acids is 2. The molecular weight excluding hydrogens is 324 g/mol. The Morgan fingerprint density at radius 3 is 2.56 bits per heavy atom. The molecule has 134 valence electrons. The molecule has 25 heavy (non-hydrogen) atoms. The first-order valence-corrected chi connectivity index (χ1v) is 7.90. The van der Waals surface area contributed by atoms with Gasteiger partial charge in [-0.05, 0) is 19.4 Å². The third-order valence-electron chi connectivity index (χ3n) is 3.73. The van der Waals surface area contributed by atoms with Gasteiger partial charge in [-0.25, -0.2) is 9.59 Å². The molecule has 0 aliphatic carbocycles. The van der Waals surface area contributed by atoms with Gasteiger partial charge in [-0.2, -0.15) is 5.10 Å². The Morgan fingerprint density at radius 1 is 1.32 bits per heavy atom. The van der Waals surface area contributed by atoms with Crippen LogP contribution in [0.3, 0.4) is 0 Å². The Balaban J connectivity index is 2.20. The van der Waals surface area contributed by atoms with E-state index in [1.165, 1.54) is 11.8 Å². The summed E-state index contributed by atoms with van der Waals surface area (Å²) in [5, 5.41) is 19.1. The minimum absolute atomic E-state index is 0.179. The zero-order valence-corrected chi connectivity index (χ0v) is 14.4. The van der Waals surface area contributed by atoms with E-state index in [4.69, 9.17) is 4.74 Å². The number of hydrogen-bond donors (Lipinski definition) is 3. The van der Waals surface area contributed by atoms with E-state index in [2.05, 4.69) is 15.7 Å². The lowest BCUT2D eigenvalue weighted by Crippen LogP contribution is -2.35. The summed E-state index contributed by atoms with van der Waals surface area (Å²) >= 11 is 0. The molecule has 0 aliphatic rings. The van der Waals surface area contributed by atoms with Crippen molar-refractivity contribution in [3.63, 3.8) is 0 Å². The van der Waals surface area contributed by atoms with E-state index in [0.717, 1.165) is 5.56 Å². The highest BCUT2D eigenvalue weighted by Crippen LogP contribution is 2.22. The molecule has 2 amide bonds. The van der Waals surface area contributed by atoms with Gasteiger partial charge in [0.15, 0.2) is 5.69 Å². The average molecular weight is 346 g/mol. The van der Waals surface area contributed by atoms with E-state index in [1.54, 1.807) is 19.1 Å². The van der Waals surface area contributed by atoms with E-state index in [9.17, 15) is 14.7 Å². The zero-order chi connectivity index (χ0) is 18.4. The number of aryl methyl sites for hydroxylation is 2. The summed E-state index contributed by atoms with van der Waals surface area (Å²) in [7, 11) is 1.27. The normalized spacial score (nSPS) is 11.7. The summed E-state index contributed by atoms with van der Waals surface area (Å²) in [5.41, 5.74) is 1.74. The van der Waals surface area contributed by atoms with E-state index in [0.29, 0.717) is 12.2 Å². The summed E-state index contributed by atoms with van der Waals surface area (Å²) in [6.45, 7) is 3.72. The van der Waals surface area contributed by atoms with Crippen LogP contribution in [-0.2, 0) is 11.3 Å². The number of benzene rings is 1. The zero-order valence-electron chi connectivity index (χ0n) is 14.4. The van der Waals surface area contributed by atoms with Gasteiger partial charge in [-0.15, -0.1) is 0 Å². The molecule has 1 aromatic heterocycles. The first-order valence-electron chi connectivity index (χ1n) is 7.90. The van der Waals surface area contributed by atoms with Crippen LogP contribution in [0.25, 0.3) is 0 Å². The van der Waals surface area contributed by atoms with Crippen LogP contribution in [-0.4, -0.2) is 40.6 Å². The van der Waals surface area contributed by atoms with Crippen molar-refractivity contribution >= 4 is 17.7 Å². The molecule has 0 fully saturated rings. The molecule has 0 aliphatic heterocycles. The van der Waals surface area contributed by atoms with Crippen molar-refractivity contribution in [1.29, 1.82) is 0 Å². The predicted octanol–water partition coefficient (Wildman–Crippen LogP) is 1.85. The number of amides is 2. The third kappa shape index (κ3) is 4.16. The Hall–Kier alpha value is -2.87. The number of hydrogen-bond acceptors (Lipinski definition) is 5. The lowest BCUT2D eigenvalue weighted by Gasteiger charge is -2.17. The van der Waals surface area contributed by atoms with Crippen LogP contribution in [0, 0.1) is 6.92 Å². The van der Waals surface area contributed by atoms with E-state index >= 15 is 0 Å². The van der Waals surface area contributed by atoms with Crippen LogP contribution in [0.15, 0.2) is 30.3 Å². The summed E-state index contributed by atoms with van der Waals surface area (Å²) in [4.78, 5) is 24.4. The lowest BCUT2D eigenvalue weighted by atomic mass is 10.1. The number of nitrogens with zero attached hydrogens (tertiary/aromatic N) is 2. The highest BCUT2D eigenvalue weighted by molar-refractivity contribution is 6.00. The van der Waals surface area contributed by atoms with Crippen molar-refractivity contribution in [2.75, 3.05) is 19.0 Å². The van der Waals surface area contributed by atoms with E-state index in [-0.39, 0.29) is 18.0 Å². The van der Waals surface area contributed by atoms with Gasteiger partial charge >= 0.3 is 12.0 Å². The number of aliphatic hydroxyl groups excluding tert-OH is 1. The number of aliphatic hydroxyl groups is 1. The molecule has 1 heterocycles. The molecule has 1 atom stereocenters. The Morgan fingerprint density at radius 2 is 2.00 bits per heavy atom. The Labute approximate surface area is 145 Å². The smallest absolute Gasteiger partial charge is 0.358 e. The second-order valence-corrected chi connectivity index (χ2v) is 5.36. The van der Waals surface area contributed by atoms with Gasteiger partial charge in [0.1, 0.15) is 0 Å². The first-order chi connectivity index (χ1) is 12.0. The lowest BCUT2D eigenvalue weighted by molar-refractivity contribution is 0.0588. The van der Waals surface area contributed by atoms with Crippen LogP contribution in [0.4, 0.5) is 10.5 Å². The molecule has 0 bridgehead atoms. The van der Waals surface area contributed by atoms with Crippen LogP contribution < -0.4 is 10.6 Å². The minimum Gasteiger partial charge on any atom is -0.464 e. The molecular formula is C17H22N4O4. The van der Waals surface area contributed by atoms with Gasteiger partial charge in [0.2, 0.25) is 0 Å². The summed E-state index contributed by atoms with van der Waals surface area (Å²) < 4.78 is 6.24. The summed E-state index contributed by atoms with van der Waals surface area (Å²) in [6, 6.07) is 7.99. The minimum atomic E-state index is -0.584. The predicted molar refractivity (Wildman–Crippen MR) is 92.4 cm³/mol. The molecule has 3 N–H and O–H groups in total. The number of ether oxygens (including phenoxy) is 1. The molecule has 1 aromatic carbocycles. The van der Waals surface area contributed by atoms with Gasteiger partial charge in [-0.3, -0.25) is 4.68 Å². The number of esters is 1. The van der Waals surface area contributed by atoms with Gasteiger partial charge in [-0.1, -0.05) is 30.3 Å². The topological polar surface area (TPSA) is 105 Å². The maximum Gasteiger partial charge on any atom is 0.358 e. The number of nitrogens with one attached hydrogen (secondary N) is 2. The SMILES string of the molecule is CCn1nc(C)c(NC(=O)N[C@H](CO)c2ccccc2)c1C(=O)OC. The highest BCUT2D eigenvalue weighted by Gasteiger charge is 2.24. The fraction of sp³-hybridized carbons (Fsp3) is 0.353. The number of carbonyl (C=O) groups is 2. The number of aromatic nitrogens is 2. The van der Waals surface area contributed by atoms with Crippen molar-refractivity contribution in [3.05, 3.63) is 47.3 Å². The average Bonchev–Trinajstić information content (AvgIpc) is 2.95. The van der Waals surface area contributed by atoms with Gasteiger partial charge in [0.25, 0.3) is 0 Å². The third-order valence-corrected chi connectivity index (χ3v) is 3.73. The molecule has 0 saturated carbocycles. The molecule has 0 radical (unpaired) electrons. The largest absolute Gasteiger partial charge is 0.464 e. The molecule has 0 saturated heterocycles. The number of anilines is 1. The molecule has 0 spiro atoms. The summed E-state index contributed by atoms with van der Waals surface area (Å²) in [5.74, 6) is -0.584. The number of methoxy groups -OCH3 is 1. The van der Waals surface area contributed by atoms with E-state index in [1.807, 2.05) is 25.1 Å². The van der Waals surface area contributed by atoms with E-state index < -0.39 is 18.0 Å². The van der Waals surface area contributed by atoms with Crippen molar-refractivity contribution in [2.24, 2.45) is 0 Å². The molecule has 8 nitrogen and oxygen atoms in total. The number of rotatable bonds is 6. The quantitative estimate of drug-likeness (QED) is 0.692. The second kappa shape index (κ2) is 8.29. The van der Waals surface area contributed by atoms with Crippen molar-refractivity contribution < 1.29 is 19.4 Å². The Kier molecular flexibility index (Phi) is 6.13. The van der Waals surface area contributed by atoms with Crippen LogP contribution in [0.5, 0.6) is 0 Å². The highest BCUT2D eigenvalue weighted by atomic mass is 16.5. The van der Waals surface area contributed by atoms with Crippen LogP contribution in [0.2, 0.25) is 0 Å². The molecule has 2 aromatic rings. The fourth-order valence-electron chi connectivity index (χ4n) is 2.49.